The number of carbonyl (C=O) groups is 1. The number of nitriles is 1. The zero-order valence-corrected chi connectivity index (χ0v) is 7.21. The standard InChI is InChI=1S/C8H4N2O5/c9-4-5(8(11)12)3-6-1-2-7(15-6)10(13)14/h1-3H,(H,11,12)/b5-3+. The minimum absolute atomic E-state index is 0.0550. The van der Waals surface area contributed by atoms with Crippen molar-refractivity contribution in [2.45, 2.75) is 0 Å². The number of hydrogen-bond acceptors (Lipinski definition) is 5. The molecule has 0 saturated heterocycles. The lowest BCUT2D eigenvalue weighted by atomic mass is 10.2. The van der Waals surface area contributed by atoms with Gasteiger partial charge in [0, 0.05) is 6.08 Å². The minimum Gasteiger partial charge on any atom is -0.477 e. The highest BCUT2D eigenvalue weighted by atomic mass is 16.6. The van der Waals surface area contributed by atoms with Crippen molar-refractivity contribution >= 4 is 17.9 Å². The molecule has 0 atom stereocenters. The summed E-state index contributed by atoms with van der Waals surface area (Å²) in [5.74, 6) is -1.99. The van der Waals surface area contributed by atoms with Crippen molar-refractivity contribution < 1.29 is 19.2 Å². The van der Waals surface area contributed by atoms with Gasteiger partial charge in [-0.25, -0.2) is 4.79 Å². The minimum atomic E-state index is -1.42. The molecule has 1 aromatic rings. The van der Waals surface area contributed by atoms with Crippen molar-refractivity contribution in [1.82, 2.24) is 0 Å². The maximum Gasteiger partial charge on any atom is 0.433 e. The topological polar surface area (TPSA) is 117 Å². The van der Waals surface area contributed by atoms with E-state index in [9.17, 15) is 14.9 Å². The first-order valence-corrected chi connectivity index (χ1v) is 3.64. The van der Waals surface area contributed by atoms with Gasteiger partial charge in [-0.1, -0.05) is 0 Å². The molecule has 15 heavy (non-hydrogen) atoms. The molecule has 0 amide bonds. The van der Waals surface area contributed by atoms with Gasteiger partial charge in [-0.15, -0.1) is 0 Å². The SMILES string of the molecule is N#C/C(=C\c1ccc([N+](=O)[O-])o1)C(=O)O. The Bertz CT molecular complexity index is 479. The van der Waals surface area contributed by atoms with Gasteiger partial charge in [0.15, 0.2) is 0 Å². The molecule has 0 unspecified atom stereocenters. The van der Waals surface area contributed by atoms with Crippen LogP contribution in [0.4, 0.5) is 5.88 Å². The van der Waals surface area contributed by atoms with Crippen molar-refractivity contribution in [3.63, 3.8) is 0 Å². The fraction of sp³-hybridized carbons (Fsp3) is 0. The van der Waals surface area contributed by atoms with Crippen LogP contribution < -0.4 is 0 Å². The Morgan fingerprint density at radius 3 is 2.73 bits per heavy atom. The summed E-state index contributed by atoms with van der Waals surface area (Å²) in [6.07, 6.45) is 0.912. The Hall–Kier alpha value is -2.62. The lowest BCUT2D eigenvalue weighted by Gasteiger charge is -1.87. The zero-order chi connectivity index (χ0) is 11.4. The van der Waals surface area contributed by atoms with Gasteiger partial charge in [0.05, 0.1) is 6.07 Å². The van der Waals surface area contributed by atoms with E-state index >= 15 is 0 Å². The fourth-order valence-corrected chi connectivity index (χ4v) is 0.802. The van der Waals surface area contributed by atoms with Crippen molar-refractivity contribution in [1.29, 1.82) is 5.26 Å². The lowest BCUT2D eigenvalue weighted by Crippen LogP contribution is -1.96. The molecule has 7 heteroatoms. The smallest absolute Gasteiger partial charge is 0.433 e. The number of nitrogens with zero attached hydrogens (tertiary/aromatic N) is 2. The summed E-state index contributed by atoms with van der Waals surface area (Å²) < 4.78 is 4.64. The van der Waals surface area contributed by atoms with Crippen LogP contribution in [-0.2, 0) is 4.79 Å². The normalized spacial score (nSPS) is 10.7. The zero-order valence-electron chi connectivity index (χ0n) is 7.21. The molecular formula is C8H4N2O5. The number of carboxylic acids is 1. The monoisotopic (exact) mass is 208 g/mol. The van der Waals surface area contributed by atoms with Gasteiger partial charge in [0.25, 0.3) is 0 Å². The first-order valence-electron chi connectivity index (χ1n) is 3.64. The maximum atomic E-state index is 10.4. The second-order valence-electron chi connectivity index (χ2n) is 2.41. The van der Waals surface area contributed by atoms with Crippen LogP contribution >= 0.6 is 0 Å². The third kappa shape index (κ3) is 2.41. The predicted molar refractivity (Wildman–Crippen MR) is 46.6 cm³/mol. The largest absolute Gasteiger partial charge is 0.477 e. The van der Waals surface area contributed by atoms with Crippen molar-refractivity contribution in [3.05, 3.63) is 33.6 Å². The van der Waals surface area contributed by atoms with E-state index in [-0.39, 0.29) is 5.76 Å². The number of aliphatic carboxylic acids is 1. The number of carboxylic acid groups (broad SMARTS) is 1. The highest BCUT2D eigenvalue weighted by Gasteiger charge is 2.12. The highest BCUT2D eigenvalue weighted by molar-refractivity contribution is 5.96. The molecule has 1 rings (SSSR count). The van der Waals surface area contributed by atoms with E-state index in [1.807, 2.05) is 0 Å². The number of hydrogen-bond donors (Lipinski definition) is 1. The van der Waals surface area contributed by atoms with E-state index in [1.165, 1.54) is 12.1 Å². The molecule has 7 nitrogen and oxygen atoms in total. The fourth-order valence-electron chi connectivity index (χ4n) is 0.802. The second kappa shape index (κ2) is 4.06. The summed E-state index contributed by atoms with van der Waals surface area (Å²) in [5.41, 5.74) is -0.556. The summed E-state index contributed by atoms with van der Waals surface area (Å²) in [4.78, 5) is 19.9. The van der Waals surface area contributed by atoms with Gasteiger partial charge in [-0.05, 0) is 6.07 Å². The first kappa shape index (κ1) is 10.5. The van der Waals surface area contributed by atoms with Crippen molar-refractivity contribution in [3.8, 4) is 6.07 Å². The van der Waals surface area contributed by atoms with Crippen molar-refractivity contribution in [2.75, 3.05) is 0 Å². The van der Waals surface area contributed by atoms with E-state index in [1.54, 1.807) is 0 Å². The summed E-state index contributed by atoms with van der Waals surface area (Å²) >= 11 is 0. The van der Waals surface area contributed by atoms with Gasteiger partial charge in [-0.2, -0.15) is 5.26 Å². The van der Waals surface area contributed by atoms with Gasteiger partial charge < -0.3 is 9.52 Å². The molecule has 0 radical (unpaired) electrons. The lowest BCUT2D eigenvalue weighted by molar-refractivity contribution is -0.402. The highest BCUT2D eigenvalue weighted by Crippen LogP contribution is 2.17. The van der Waals surface area contributed by atoms with E-state index in [2.05, 4.69) is 4.42 Å². The average molecular weight is 208 g/mol. The number of nitro groups is 1. The Kier molecular flexibility index (Phi) is 2.83. The Morgan fingerprint density at radius 1 is 1.67 bits per heavy atom. The summed E-state index contributed by atoms with van der Waals surface area (Å²) in [5, 5.41) is 27.1. The van der Waals surface area contributed by atoms with Crippen LogP contribution in [0, 0.1) is 21.4 Å². The molecule has 0 aliphatic rings. The molecule has 0 saturated carbocycles. The van der Waals surface area contributed by atoms with Gasteiger partial charge >= 0.3 is 11.9 Å². The molecular weight excluding hydrogens is 204 g/mol. The van der Waals surface area contributed by atoms with Crippen LogP contribution in [0.25, 0.3) is 6.08 Å². The van der Waals surface area contributed by atoms with Crippen LogP contribution in [0.1, 0.15) is 5.76 Å². The maximum absolute atomic E-state index is 10.4. The molecule has 0 bridgehead atoms. The molecule has 0 spiro atoms. The number of rotatable bonds is 3. The molecule has 0 fully saturated rings. The van der Waals surface area contributed by atoms with Crippen molar-refractivity contribution in [2.24, 2.45) is 0 Å². The Labute approximate surface area is 83.0 Å². The summed E-state index contributed by atoms with van der Waals surface area (Å²) in [6.45, 7) is 0. The van der Waals surface area contributed by atoms with E-state index in [4.69, 9.17) is 10.4 Å². The first-order chi connectivity index (χ1) is 7.04. The molecule has 1 aromatic heterocycles. The van der Waals surface area contributed by atoms with Crippen LogP contribution in [0.3, 0.4) is 0 Å². The van der Waals surface area contributed by atoms with Gasteiger partial charge in [-0.3, -0.25) is 10.1 Å². The quantitative estimate of drug-likeness (QED) is 0.345. The molecule has 76 valence electrons. The van der Waals surface area contributed by atoms with Crippen LogP contribution in [0.15, 0.2) is 22.1 Å². The predicted octanol–water partition coefficient (Wildman–Crippen LogP) is 1.18. The summed E-state index contributed by atoms with van der Waals surface area (Å²) in [6, 6.07) is 3.70. The average Bonchev–Trinajstić information content (AvgIpc) is 2.61. The number of furan rings is 1. The van der Waals surface area contributed by atoms with E-state index < -0.39 is 22.3 Å². The molecule has 1 N–H and O–H groups in total. The van der Waals surface area contributed by atoms with E-state index in [0.717, 1.165) is 12.1 Å². The molecule has 0 aromatic carbocycles. The van der Waals surface area contributed by atoms with Crippen LogP contribution in [0.2, 0.25) is 0 Å². The van der Waals surface area contributed by atoms with Crippen LogP contribution in [0.5, 0.6) is 0 Å². The Morgan fingerprint density at radius 2 is 2.33 bits per heavy atom. The Balaban J connectivity index is 3.04. The van der Waals surface area contributed by atoms with Gasteiger partial charge in [0.1, 0.15) is 22.3 Å². The van der Waals surface area contributed by atoms with Gasteiger partial charge in [0.2, 0.25) is 0 Å². The molecule has 0 aliphatic heterocycles. The summed E-state index contributed by atoms with van der Waals surface area (Å²) in [7, 11) is 0. The second-order valence-corrected chi connectivity index (χ2v) is 2.41. The molecule has 0 aliphatic carbocycles. The third-order valence-corrected chi connectivity index (χ3v) is 1.43. The van der Waals surface area contributed by atoms with E-state index in [0.29, 0.717) is 0 Å². The molecule has 1 heterocycles. The van der Waals surface area contributed by atoms with Crippen LogP contribution in [-0.4, -0.2) is 16.0 Å². The third-order valence-electron chi connectivity index (χ3n) is 1.43.